The minimum atomic E-state index is -0.126. The quantitative estimate of drug-likeness (QED) is 0.541. The van der Waals surface area contributed by atoms with Crippen molar-refractivity contribution in [3.63, 3.8) is 0 Å². The molecule has 1 amide bonds. The van der Waals surface area contributed by atoms with Crippen molar-refractivity contribution in [2.45, 2.75) is 40.0 Å². The van der Waals surface area contributed by atoms with Crippen LogP contribution in [0.15, 0.2) is 48.5 Å². The van der Waals surface area contributed by atoms with Gasteiger partial charge in [-0.05, 0) is 48.6 Å². The molecule has 4 nitrogen and oxygen atoms in total. The molecule has 0 aliphatic carbocycles. The van der Waals surface area contributed by atoms with E-state index in [1.807, 2.05) is 37.3 Å². The number of anilines is 3. The lowest BCUT2D eigenvalue weighted by atomic mass is 10.0. The second-order valence-electron chi connectivity index (χ2n) is 6.80. The molecule has 1 aromatic heterocycles. The third kappa shape index (κ3) is 4.55. The van der Waals surface area contributed by atoms with Crippen molar-refractivity contribution in [3.8, 4) is 0 Å². The molecular formula is C22H25N3OS. The highest BCUT2D eigenvalue weighted by atomic mass is 32.1. The molecule has 2 N–H and O–H groups in total. The Balaban J connectivity index is 1.74. The number of hydrogen-bond acceptors (Lipinski definition) is 4. The first-order chi connectivity index (χ1) is 13.0. The molecule has 3 aromatic rings. The summed E-state index contributed by atoms with van der Waals surface area (Å²) in [5.74, 6) is 0.345. The van der Waals surface area contributed by atoms with Crippen LogP contribution >= 0.6 is 11.3 Å². The van der Waals surface area contributed by atoms with Crippen LogP contribution in [0.4, 0.5) is 16.5 Å². The fraction of sp³-hybridized carbons (Fsp3) is 0.273. The zero-order valence-electron chi connectivity index (χ0n) is 16.2. The summed E-state index contributed by atoms with van der Waals surface area (Å²) in [5.41, 5.74) is 5.03. The number of amides is 1. The molecule has 1 heterocycles. The summed E-state index contributed by atoms with van der Waals surface area (Å²) in [4.78, 5) is 17.8. The number of carbonyl (C=O) groups excluding carboxylic acids is 1. The molecule has 0 saturated heterocycles. The van der Waals surface area contributed by atoms with Gasteiger partial charge in [-0.15, -0.1) is 0 Å². The Morgan fingerprint density at radius 1 is 1.11 bits per heavy atom. The summed E-state index contributed by atoms with van der Waals surface area (Å²) in [6, 6.07) is 16.1. The molecule has 3 rings (SSSR count). The van der Waals surface area contributed by atoms with Gasteiger partial charge in [0.1, 0.15) is 4.88 Å². The van der Waals surface area contributed by atoms with Crippen molar-refractivity contribution in [2.75, 3.05) is 10.6 Å². The molecule has 140 valence electrons. The molecule has 0 unspecified atom stereocenters. The van der Waals surface area contributed by atoms with E-state index < -0.39 is 0 Å². The van der Waals surface area contributed by atoms with Crippen molar-refractivity contribution in [2.24, 2.45) is 0 Å². The first-order valence-electron chi connectivity index (χ1n) is 9.21. The van der Waals surface area contributed by atoms with Gasteiger partial charge < -0.3 is 10.6 Å². The van der Waals surface area contributed by atoms with E-state index in [0.717, 1.165) is 28.6 Å². The molecule has 0 radical (unpaired) electrons. The monoisotopic (exact) mass is 379 g/mol. The lowest BCUT2D eigenvalue weighted by Crippen LogP contribution is -2.11. The second-order valence-corrected chi connectivity index (χ2v) is 7.80. The van der Waals surface area contributed by atoms with Crippen LogP contribution in [0, 0.1) is 6.92 Å². The van der Waals surface area contributed by atoms with Gasteiger partial charge in [0, 0.05) is 11.4 Å². The summed E-state index contributed by atoms with van der Waals surface area (Å²) >= 11 is 1.37. The molecule has 5 heteroatoms. The maximum atomic E-state index is 12.7. The van der Waals surface area contributed by atoms with Gasteiger partial charge in [-0.2, -0.15) is 0 Å². The van der Waals surface area contributed by atoms with E-state index in [1.165, 1.54) is 22.5 Å². The van der Waals surface area contributed by atoms with Crippen LogP contribution < -0.4 is 10.6 Å². The van der Waals surface area contributed by atoms with Crippen LogP contribution in [-0.2, 0) is 6.42 Å². The molecule has 0 bridgehead atoms. The van der Waals surface area contributed by atoms with Crippen molar-refractivity contribution in [1.29, 1.82) is 0 Å². The van der Waals surface area contributed by atoms with E-state index in [0.29, 0.717) is 10.8 Å². The maximum absolute atomic E-state index is 12.7. The Kier molecular flexibility index (Phi) is 5.91. The van der Waals surface area contributed by atoms with Gasteiger partial charge >= 0.3 is 0 Å². The molecule has 0 aliphatic heterocycles. The normalized spacial score (nSPS) is 10.9. The minimum absolute atomic E-state index is 0.126. The summed E-state index contributed by atoms with van der Waals surface area (Å²) in [5, 5.41) is 7.05. The second kappa shape index (κ2) is 8.35. The Morgan fingerprint density at radius 3 is 2.48 bits per heavy atom. The topological polar surface area (TPSA) is 54.0 Å². The van der Waals surface area contributed by atoms with Gasteiger partial charge in [0.05, 0.1) is 5.69 Å². The fourth-order valence-electron chi connectivity index (χ4n) is 2.87. The van der Waals surface area contributed by atoms with Crippen LogP contribution in [0.3, 0.4) is 0 Å². The van der Waals surface area contributed by atoms with E-state index in [2.05, 4.69) is 54.6 Å². The number of hydrogen-bond donors (Lipinski definition) is 2. The molecule has 2 aromatic carbocycles. The van der Waals surface area contributed by atoms with Crippen molar-refractivity contribution in [3.05, 3.63) is 70.2 Å². The van der Waals surface area contributed by atoms with Crippen molar-refractivity contribution in [1.82, 2.24) is 4.98 Å². The van der Waals surface area contributed by atoms with Gasteiger partial charge in [0.2, 0.25) is 0 Å². The van der Waals surface area contributed by atoms with Gasteiger partial charge in [-0.1, -0.05) is 62.4 Å². The third-order valence-electron chi connectivity index (χ3n) is 4.48. The molecule has 0 aliphatic rings. The van der Waals surface area contributed by atoms with Gasteiger partial charge in [0.25, 0.3) is 5.91 Å². The predicted molar refractivity (Wildman–Crippen MR) is 114 cm³/mol. The number of para-hydroxylation sites is 1. The van der Waals surface area contributed by atoms with Gasteiger partial charge in [-0.3, -0.25) is 4.79 Å². The zero-order valence-corrected chi connectivity index (χ0v) is 17.0. The highest BCUT2D eigenvalue weighted by Crippen LogP contribution is 2.28. The number of nitrogens with zero attached hydrogens (tertiary/aromatic N) is 1. The molecule has 0 atom stereocenters. The number of rotatable bonds is 6. The van der Waals surface area contributed by atoms with Crippen molar-refractivity contribution < 1.29 is 4.79 Å². The fourth-order valence-corrected chi connectivity index (χ4v) is 3.74. The third-order valence-corrected chi connectivity index (χ3v) is 5.55. The van der Waals surface area contributed by atoms with Crippen LogP contribution in [0.2, 0.25) is 0 Å². The largest absolute Gasteiger partial charge is 0.331 e. The highest BCUT2D eigenvalue weighted by Gasteiger charge is 2.16. The number of carbonyl (C=O) groups is 1. The van der Waals surface area contributed by atoms with E-state index >= 15 is 0 Å². The number of aromatic nitrogens is 1. The maximum Gasteiger partial charge on any atom is 0.267 e. The molecule has 27 heavy (non-hydrogen) atoms. The summed E-state index contributed by atoms with van der Waals surface area (Å²) < 4.78 is 0. The van der Waals surface area contributed by atoms with Gasteiger partial charge in [-0.25, -0.2) is 4.98 Å². The average Bonchev–Trinajstić information content (AvgIpc) is 3.03. The lowest BCUT2D eigenvalue weighted by Gasteiger charge is -2.08. The lowest BCUT2D eigenvalue weighted by molar-refractivity contribution is 0.103. The molecule has 0 spiro atoms. The molecule has 0 saturated carbocycles. The van der Waals surface area contributed by atoms with Crippen LogP contribution in [0.1, 0.15) is 53.2 Å². The van der Waals surface area contributed by atoms with Crippen LogP contribution in [0.25, 0.3) is 0 Å². The number of aryl methyl sites for hydroxylation is 2. The number of nitrogens with one attached hydrogen (secondary N) is 2. The summed E-state index contributed by atoms with van der Waals surface area (Å²) in [6.45, 7) is 8.29. The SMILES string of the molecule is CCc1ccccc1Nc1nc(C)c(C(=O)Nc2ccc(C(C)C)cc2)s1. The van der Waals surface area contributed by atoms with Gasteiger partial charge in [0.15, 0.2) is 5.13 Å². The first-order valence-corrected chi connectivity index (χ1v) is 10.0. The average molecular weight is 380 g/mol. The minimum Gasteiger partial charge on any atom is -0.331 e. The standard InChI is InChI=1S/C22H25N3OS/c1-5-16-8-6-7-9-19(16)25-22-23-15(4)20(27-22)21(26)24-18-12-10-17(11-13-18)14(2)3/h6-14H,5H2,1-4H3,(H,23,25)(H,24,26). The molecule has 0 fully saturated rings. The zero-order chi connectivity index (χ0) is 19.4. The smallest absolute Gasteiger partial charge is 0.267 e. The van der Waals surface area contributed by atoms with E-state index in [4.69, 9.17) is 0 Å². The summed E-state index contributed by atoms with van der Waals surface area (Å²) in [6.07, 6.45) is 0.938. The van der Waals surface area contributed by atoms with Crippen molar-refractivity contribution >= 4 is 33.8 Å². The van der Waals surface area contributed by atoms with E-state index in [1.54, 1.807) is 0 Å². The highest BCUT2D eigenvalue weighted by molar-refractivity contribution is 7.17. The number of benzene rings is 2. The van der Waals surface area contributed by atoms with E-state index in [-0.39, 0.29) is 5.91 Å². The Labute approximate surface area is 164 Å². The van der Waals surface area contributed by atoms with Crippen LogP contribution in [0.5, 0.6) is 0 Å². The molecular weight excluding hydrogens is 354 g/mol. The Morgan fingerprint density at radius 2 is 1.81 bits per heavy atom. The first kappa shape index (κ1) is 19.1. The summed E-state index contributed by atoms with van der Waals surface area (Å²) in [7, 11) is 0. The number of thiazole rings is 1. The van der Waals surface area contributed by atoms with Crippen LogP contribution in [-0.4, -0.2) is 10.9 Å². The Bertz CT molecular complexity index is 929. The Hall–Kier alpha value is -2.66. The van der Waals surface area contributed by atoms with E-state index in [9.17, 15) is 4.79 Å². The predicted octanol–water partition coefficient (Wildman–Crippen LogP) is 6.13.